The summed E-state index contributed by atoms with van der Waals surface area (Å²) in [4.78, 5) is 0. The van der Waals surface area contributed by atoms with E-state index in [1.807, 2.05) is 0 Å². The third-order valence-electron chi connectivity index (χ3n) is 3.33. The van der Waals surface area contributed by atoms with Crippen molar-refractivity contribution in [3.63, 3.8) is 0 Å². The summed E-state index contributed by atoms with van der Waals surface area (Å²) in [6, 6.07) is 0. The average Bonchev–Trinajstić information content (AvgIpc) is 2.61. The Hall–Kier alpha value is -0.300. The molecule has 1 fully saturated rings. The largest absolute Gasteiger partial charge is 0.396 e. The van der Waals surface area contributed by atoms with E-state index >= 15 is 0 Å². The Labute approximate surface area is 88.2 Å². The molecule has 0 amide bonds. The third-order valence-corrected chi connectivity index (χ3v) is 3.33. The molecule has 0 aromatic rings. The fourth-order valence-electron chi connectivity index (χ4n) is 2.44. The van der Waals surface area contributed by atoms with Crippen LogP contribution in [0.25, 0.3) is 0 Å². The van der Waals surface area contributed by atoms with Gasteiger partial charge in [-0.3, -0.25) is 0 Å². The molecule has 0 saturated heterocycles. The summed E-state index contributed by atoms with van der Waals surface area (Å²) >= 11 is 0. The Morgan fingerprint density at radius 3 is 2.93 bits per heavy atom. The monoisotopic (exact) mass is 196 g/mol. The third kappa shape index (κ3) is 3.83. The number of aliphatic hydroxyl groups is 1. The molecule has 0 spiro atoms. The zero-order chi connectivity index (χ0) is 10.2. The SMILES string of the molecule is CCCC/C=C/[C@@H]1CCC[C@@H]1CCO. The minimum absolute atomic E-state index is 0.365. The molecule has 1 aliphatic carbocycles. The van der Waals surface area contributed by atoms with Gasteiger partial charge in [0.25, 0.3) is 0 Å². The molecule has 1 heteroatoms. The van der Waals surface area contributed by atoms with E-state index in [1.165, 1.54) is 38.5 Å². The van der Waals surface area contributed by atoms with E-state index in [4.69, 9.17) is 5.11 Å². The lowest BCUT2D eigenvalue weighted by atomic mass is 9.92. The van der Waals surface area contributed by atoms with Crippen LogP contribution in [0.2, 0.25) is 0 Å². The lowest BCUT2D eigenvalue weighted by Gasteiger charge is -2.14. The maximum atomic E-state index is 8.93. The number of allylic oxidation sites excluding steroid dienone is 2. The van der Waals surface area contributed by atoms with Crippen molar-refractivity contribution in [3.8, 4) is 0 Å². The summed E-state index contributed by atoms with van der Waals surface area (Å²) in [6.07, 6.45) is 13.6. The van der Waals surface area contributed by atoms with Gasteiger partial charge in [0, 0.05) is 6.61 Å². The first-order valence-corrected chi connectivity index (χ1v) is 6.16. The van der Waals surface area contributed by atoms with E-state index in [0.717, 1.165) is 18.3 Å². The van der Waals surface area contributed by atoms with Crippen LogP contribution in [-0.2, 0) is 0 Å². The molecule has 0 aromatic carbocycles. The van der Waals surface area contributed by atoms with E-state index in [2.05, 4.69) is 19.1 Å². The highest BCUT2D eigenvalue weighted by molar-refractivity contribution is 4.94. The van der Waals surface area contributed by atoms with Gasteiger partial charge < -0.3 is 5.11 Å². The summed E-state index contributed by atoms with van der Waals surface area (Å²) in [5, 5.41) is 8.93. The van der Waals surface area contributed by atoms with Crippen LogP contribution in [0.4, 0.5) is 0 Å². The standard InChI is InChI=1S/C13H24O/c1-2-3-4-5-7-12-8-6-9-13(12)10-11-14/h5,7,12-14H,2-4,6,8-11H2,1H3/b7-5+/t12-,13-/m1/s1. The van der Waals surface area contributed by atoms with E-state index in [-0.39, 0.29) is 0 Å². The van der Waals surface area contributed by atoms with Crippen molar-refractivity contribution in [1.29, 1.82) is 0 Å². The van der Waals surface area contributed by atoms with Gasteiger partial charge in [-0.1, -0.05) is 38.3 Å². The predicted octanol–water partition coefficient (Wildman–Crippen LogP) is 3.53. The molecular weight excluding hydrogens is 172 g/mol. The van der Waals surface area contributed by atoms with E-state index in [9.17, 15) is 0 Å². The number of hydrogen-bond donors (Lipinski definition) is 1. The molecule has 1 N–H and O–H groups in total. The van der Waals surface area contributed by atoms with Crippen molar-refractivity contribution in [2.24, 2.45) is 11.8 Å². The van der Waals surface area contributed by atoms with Crippen LogP contribution < -0.4 is 0 Å². The summed E-state index contributed by atoms with van der Waals surface area (Å²) in [5.41, 5.74) is 0. The van der Waals surface area contributed by atoms with Crippen LogP contribution in [0.15, 0.2) is 12.2 Å². The molecule has 82 valence electrons. The molecule has 1 saturated carbocycles. The molecule has 0 unspecified atom stereocenters. The fraction of sp³-hybridized carbons (Fsp3) is 0.846. The molecule has 1 rings (SSSR count). The summed E-state index contributed by atoms with van der Waals surface area (Å²) in [6.45, 7) is 2.60. The van der Waals surface area contributed by atoms with Crippen molar-refractivity contribution in [2.75, 3.05) is 6.61 Å². The Morgan fingerprint density at radius 1 is 1.36 bits per heavy atom. The number of aliphatic hydroxyl groups excluding tert-OH is 1. The highest BCUT2D eigenvalue weighted by Gasteiger charge is 2.23. The lowest BCUT2D eigenvalue weighted by Crippen LogP contribution is -2.06. The summed E-state index contributed by atoms with van der Waals surface area (Å²) in [7, 11) is 0. The Morgan fingerprint density at radius 2 is 2.21 bits per heavy atom. The topological polar surface area (TPSA) is 20.2 Å². The van der Waals surface area contributed by atoms with Gasteiger partial charge >= 0.3 is 0 Å². The smallest absolute Gasteiger partial charge is 0.0433 e. The van der Waals surface area contributed by atoms with Gasteiger partial charge in [0.2, 0.25) is 0 Å². The van der Waals surface area contributed by atoms with Crippen LogP contribution in [0.1, 0.15) is 51.9 Å². The van der Waals surface area contributed by atoms with Crippen LogP contribution in [0.5, 0.6) is 0 Å². The van der Waals surface area contributed by atoms with E-state index < -0.39 is 0 Å². The Balaban J connectivity index is 2.24. The van der Waals surface area contributed by atoms with Gasteiger partial charge in [-0.05, 0) is 37.5 Å². The molecule has 0 bridgehead atoms. The van der Waals surface area contributed by atoms with Crippen molar-refractivity contribution in [2.45, 2.75) is 51.9 Å². The number of hydrogen-bond acceptors (Lipinski definition) is 1. The van der Waals surface area contributed by atoms with Gasteiger partial charge in [-0.25, -0.2) is 0 Å². The molecule has 0 aromatic heterocycles. The number of unbranched alkanes of at least 4 members (excludes halogenated alkanes) is 2. The first-order valence-electron chi connectivity index (χ1n) is 6.16. The molecular formula is C13H24O. The second-order valence-electron chi connectivity index (χ2n) is 4.44. The fourth-order valence-corrected chi connectivity index (χ4v) is 2.44. The maximum absolute atomic E-state index is 8.93. The van der Waals surface area contributed by atoms with E-state index in [1.54, 1.807) is 0 Å². The predicted molar refractivity (Wildman–Crippen MR) is 61.2 cm³/mol. The van der Waals surface area contributed by atoms with Gasteiger partial charge in [-0.15, -0.1) is 0 Å². The highest BCUT2D eigenvalue weighted by atomic mass is 16.3. The minimum atomic E-state index is 0.365. The van der Waals surface area contributed by atoms with Crippen molar-refractivity contribution in [3.05, 3.63) is 12.2 Å². The van der Waals surface area contributed by atoms with Crippen LogP contribution >= 0.6 is 0 Å². The van der Waals surface area contributed by atoms with Crippen molar-refractivity contribution in [1.82, 2.24) is 0 Å². The van der Waals surface area contributed by atoms with Gasteiger partial charge in [-0.2, -0.15) is 0 Å². The molecule has 1 nitrogen and oxygen atoms in total. The van der Waals surface area contributed by atoms with E-state index in [0.29, 0.717) is 6.61 Å². The zero-order valence-electron chi connectivity index (χ0n) is 9.41. The molecule has 0 radical (unpaired) electrons. The van der Waals surface area contributed by atoms with Crippen LogP contribution in [0.3, 0.4) is 0 Å². The lowest BCUT2D eigenvalue weighted by molar-refractivity contribution is 0.246. The highest BCUT2D eigenvalue weighted by Crippen LogP contribution is 2.34. The quantitative estimate of drug-likeness (QED) is 0.509. The zero-order valence-corrected chi connectivity index (χ0v) is 9.41. The first-order chi connectivity index (χ1) is 6.88. The molecule has 0 heterocycles. The summed E-state index contributed by atoms with van der Waals surface area (Å²) < 4.78 is 0. The van der Waals surface area contributed by atoms with Crippen molar-refractivity contribution >= 4 is 0 Å². The van der Waals surface area contributed by atoms with Gasteiger partial charge in [0.05, 0.1) is 0 Å². The Kier molecular flexibility index (Phi) is 5.93. The first kappa shape index (κ1) is 11.8. The van der Waals surface area contributed by atoms with Crippen LogP contribution in [0, 0.1) is 11.8 Å². The maximum Gasteiger partial charge on any atom is 0.0433 e. The normalized spacial score (nSPS) is 27.6. The molecule has 14 heavy (non-hydrogen) atoms. The molecule has 1 aliphatic rings. The molecule has 2 atom stereocenters. The second-order valence-corrected chi connectivity index (χ2v) is 4.44. The molecule has 0 aliphatic heterocycles. The van der Waals surface area contributed by atoms with Gasteiger partial charge in [0.15, 0.2) is 0 Å². The second kappa shape index (κ2) is 7.05. The van der Waals surface area contributed by atoms with Crippen molar-refractivity contribution < 1.29 is 5.11 Å². The number of rotatable bonds is 6. The van der Waals surface area contributed by atoms with Gasteiger partial charge in [0.1, 0.15) is 0 Å². The Bertz CT molecular complexity index is 163. The minimum Gasteiger partial charge on any atom is -0.396 e. The van der Waals surface area contributed by atoms with Crippen LogP contribution in [-0.4, -0.2) is 11.7 Å². The summed E-state index contributed by atoms with van der Waals surface area (Å²) in [5.74, 6) is 1.52. The average molecular weight is 196 g/mol.